The Morgan fingerprint density at radius 3 is 3.00 bits per heavy atom. The van der Waals surface area contributed by atoms with Gasteiger partial charge in [-0.15, -0.1) is 6.58 Å². The first kappa shape index (κ1) is 15.5. The Morgan fingerprint density at radius 1 is 1.33 bits per heavy atom. The van der Waals surface area contributed by atoms with Crippen LogP contribution in [0.1, 0.15) is 31.7 Å². The highest BCUT2D eigenvalue weighted by molar-refractivity contribution is 5.82. The van der Waals surface area contributed by atoms with Gasteiger partial charge in [0.15, 0.2) is 0 Å². The fourth-order valence-corrected chi connectivity index (χ4v) is 2.24. The van der Waals surface area contributed by atoms with Gasteiger partial charge in [-0.2, -0.15) is 0 Å². The third-order valence-electron chi connectivity index (χ3n) is 3.32. The van der Waals surface area contributed by atoms with Crippen molar-refractivity contribution in [2.24, 2.45) is 0 Å². The SMILES string of the molecule is C=CCCCOc1cc(CNCCC)c2ccccc2n1. The van der Waals surface area contributed by atoms with E-state index in [1.165, 1.54) is 10.9 Å². The summed E-state index contributed by atoms with van der Waals surface area (Å²) in [5.74, 6) is 0.714. The van der Waals surface area contributed by atoms with Crippen LogP contribution < -0.4 is 10.1 Å². The van der Waals surface area contributed by atoms with Crippen LogP contribution in [0.25, 0.3) is 10.9 Å². The topological polar surface area (TPSA) is 34.1 Å². The van der Waals surface area contributed by atoms with Gasteiger partial charge in [0, 0.05) is 18.0 Å². The third kappa shape index (κ3) is 4.57. The van der Waals surface area contributed by atoms with Crippen molar-refractivity contribution in [2.75, 3.05) is 13.2 Å². The molecular weight excluding hydrogens is 260 g/mol. The molecular formula is C18H24N2O. The first-order valence-electron chi connectivity index (χ1n) is 7.68. The fourth-order valence-electron chi connectivity index (χ4n) is 2.24. The molecule has 21 heavy (non-hydrogen) atoms. The average molecular weight is 284 g/mol. The molecule has 0 saturated heterocycles. The van der Waals surface area contributed by atoms with Crippen LogP contribution in [0.15, 0.2) is 43.0 Å². The number of hydrogen-bond donors (Lipinski definition) is 1. The molecule has 1 N–H and O–H groups in total. The van der Waals surface area contributed by atoms with Gasteiger partial charge in [0.2, 0.25) is 5.88 Å². The molecule has 0 saturated carbocycles. The molecule has 112 valence electrons. The maximum Gasteiger partial charge on any atom is 0.214 e. The van der Waals surface area contributed by atoms with E-state index in [2.05, 4.69) is 42.0 Å². The Kier molecular flexibility index (Phi) is 6.22. The van der Waals surface area contributed by atoms with E-state index >= 15 is 0 Å². The van der Waals surface area contributed by atoms with Crippen LogP contribution in [0.2, 0.25) is 0 Å². The van der Waals surface area contributed by atoms with Crippen molar-refractivity contribution in [3.8, 4) is 5.88 Å². The highest BCUT2D eigenvalue weighted by atomic mass is 16.5. The summed E-state index contributed by atoms with van der Waals surface area (Å²) in [6, 6.07) is 10.3. The van der Waals surface area contributed by atoms with Gasteiger partial charge in [0.25, 0.3) is 0 Å². The standard InChI is InChI=1S/C18H24N2O/c1-3-5-8-12-21-18-13-15(14-19-11-4-2)16-9-6-7-10-17(16)20-18/h3,6-7,9-10,13,19H,1,4-5,8,11-12,14H2,2H3. The summed E-state index contributed by atoms with van der Waals surface area (Å²) in [4.78, 5) is 4.59. The summed E-state index contributed by atoms with van der Waals surface area (Å²) in [7, 11) is 0. The summed E-state index contributed by atoms with van der Waals surface area (Å²) in [5.41, 5.74) is 2.24. The van der Waals surface area contributed by atoms with Crippen molar-refractivity contribution in [2.45, 2.75) is 32.7 Å². The second kappa shape index (κ2) is 8.42. The predicted molar refractivity (Wildman–Crippen MR) is 88.7 cm³/mol. The number of para-hydroxylation sites is 1. The molecule has 0 aliphatic carbocycles. The summed E-state index contributed by atoms with van der Waals surface area (Å²) < 4.78 is 5.78. The van der Waals surface area contributed by atoms with E-state index in [-0.39, 0.29) is 0 Å². The molecule has 3 nitrogen and oxygen atoms in total. The maximum atomic E-state index is 5.78. The van der Waals surface area contributed by atoms with Crippen molar-refractivity contribution in [3.63, 3.8) is 0 Å². The molecule has 0 fully saturated rings. The lowest BCUT2D eigenvalue weighted by Crippen LogP contribution is -2.14. The minimum absolute atomic E-state index is 0.680. The molecule has 1 aromatic carbocycles. The highest BCUT2D eigenvalue weighted by Gasteiger charge is 2.06. The molecule has 2 rings (SSSR count). The maximum absolute atomic E-state index is 5.78. The number of hydrogen-bond acceptors (Lipinski definition) is 3. The molecule has 0 bridgehead atoms. The molecule has 1 aromatic heterocycles. The van der Waals surface area contributed by atoms with Crippen LogP contribution in [-0.4, -0.2) is 18.1 Å². The zero-order chi connectivity index (χ0) is 14.9. The molecule has 1 heterocycles. The number of rotatable bonds is 9. The van der Waals surface area contributed by atoms with E-state index in [0.717, 1.165) is 37.9 Å². The zero-order valence-electron chi connectivity index (χ0n) is 12.8. The molecule has 3 heteroatoms. The monoisotopic (exact) mass is 284 g/mol. The number of nitrogens with zero attached hydrogens (tertiary/aromatic N) is 1. The fraction of sp³-hybridized carbons (Fsp3) is 0.389. The number of benzene rings is 1. The van der Waals surface area contributed by atoms with Crippen LogP contribution in [0.3, 0.4) is 0 Å². The lowest BCUT2D eigenvalue weighted by atomic mass is 10.1. The highest BCUT2D eigenvalue weighted by Crippen LogP contribution is 2.22. The first-order chi connectivity index (χ1) is 10.3. The first-order valence-corrected chi connectivity index (χ1v) is 7.68. The van der Waals surface area contributed by atoms with Crippen molar-refractivity contribution >= 4 is 10.9 Å². The van der Waals surface area contributed by atoms with Gasteiger partial charge in [0.1, 0.15) is 0 Å². The van der Waals surface area contributed by atoms with Crippen LogP contribution in [0.5, 0.6) is 5.88 Å². The molecule has 0 spiro atoms. The zero-order valence-corrected chi connectivity index (χ0v) is 12.8. The van der Waals surface area contributed by atoms with Gasteiger partial charge < -0.3 is 10.1 Å². The molecule has 0 aliphatic heterocycles. The second-order valence-electron chi connectivity index (χ2n) is 5.09. The Balaban J connectivity index is 2.15. The largest absolute Gasteiger partial charge is 0.478 e. The van der Waals surface area contributed by atoms with Crippen LogP contribution in [0.4, 0.5) is 0 Å². The third-order valence-corrected chi connectivity index (χ3v) is 3.32. The van der Waals surface area contributed by atoms with Crippen LogP contribution in [-0.2, 0) is 6.54 Å². The summed E-state index contributed by atoms with van der Waals surface area (Å²) in [5, 5.41) is 4.64. The van der Waals surface area contributed by atoms with E-state index in [0.29, 0.717) is 12.5 Å². The van der Waals surface area contributed by atoms with E-state index in [4.69, 9.17) is 4.74 Å². The van der Waals surface area contributed by atoms with E-state index < -0.39 is 0 Å². The van der Waals surface area contributed by atoms with Gasteiger partial charge in [-0.05, 0) is 37.4 Å². The van der Waals surface area contributed by atoms with Gasteiger partial charge in [-0.1, -0.05) is 31.2 Å². The minimum Gasteiger partial charge on any atom is -0.478 e. The molecule has 0 amide bonds. The lowest BCUT2D eigenvalue weighted by Gasteiger charge is -2.11. The number of aromatic nitrogens is 1. The summed E-state index contributed by atoms with van der Waals surface area (Å²) in [6.45, 7) is 8.44. The summed E-state index contributed by atoms with van der Waals surface area (Å²) >= 11 is 0. The van der Waals surface area contributed by atoms with Gasteiger partial charge in [-0.3, -0.25) is 0 Å². The minimum atomic E-state index is 0.680. The Bertz CT molecular complexity index is 580. The Morgan fingerprint density at radius 2 is 2.19 bits per heavy atom. The average Bonchev–Trinajstić information content (AvgIpc) is 2.52. The van der Waals surface area contributed by atoms with Gasteiger partial charge >= 0.3 is 0 Å². The normalized spacial score (nSPS) is 10.7. The number of pyridine rings is 1. The van der Waals surface area contributed by atoms with Crippen LogP contribution in [0, 0.1) is 0 Å². The van der Waals surface area contributed by atoms with Crippen molar-refractivity contribution in [3.05, 3.63) is 48.6 Å². The quantitative estimate of drug-likeness (QED) is 0.556. The molecule has 0 aliphatic rings. The summed E-state index contributed by atoms with van der Waals surface area (Å²) in [6.07, 6.45) is 4.99. The Hall–Kier alpha value is -1.87. The molecule has 0 unspecified atom stereocenters. The number of allylic oxidation sites excluding steroid dienone is 1. The van der Waals surface area contributed by atoms with Crippen molar-refractivity contribution in [1.82, 2.24) is 10.3 Å². The van der Waals surface area contributed by atoms with E-state index in [1.54, 1.807) is 0 Å². The second-order valence-corrected chi connectivity index (χ2v) is 5.09. The molecule has 2 aromatic rings. The number of unbranched alkanes of at least 4 members (excludes halogenated alkanes) is 1. The predicted octanol–water partition coefficient (Wildman–Crippen LogP) is 4.08. The van der Waals surface area contributed by atoms with Crippen LogP contribution >= 0.6 is 0 Å². The number of nitrogens with one attached hydrogen (secondary N) is 1. The number of fused-ring (bicyclic) bond motifs is 1. The van der Waals surface area contributed by atoms with E-state index in [9.17, 15) is 0 Å². The van der Waals surface area contributed by atoms with E-state index in [1.807, 2.05) is 18.2 Å². The van der Waals surface area contributed by atoms with Crippen molar-refractivity contribution in [1.29, 1.82) is 0 Å². The van der Waals surface area contributed by atoms with Gasteiger partial charge in [-0.25, -0.2) is 4.98 Å². The molecule has 0 atom stereocenters. The number of ether oxygens (including phenoxy) is 1. The van der Waals surface area contributed by atoms with Gasteiger partial charge in [0.05, 0.1) is 12.1 Å². The molecule has 0 radical (unpaired) electrons. The lowest BCUT2D eigenvalue weighted by molar-refractivity contribution is 0.301. The smallest absolute Gasteiger partial charge is 0.214 e. The van der Waals surface area contributed by atoms with Crippen molar-refractivity contribution < 1.29 is 4.74 Å². The Labute approximate surface area is 127 Å².